The predicted molar refractivity (Wildman–Crippen MR) is 87.0 cm³/mol. The van der Waals surface area contributed by atoms with Gasteiger partial charge in [0.15, 0.2) is 0 Å². The van der Waals surface area contributed by atoms with Crippen LogP contribution in [0.1, 0.15) is 12.8 Å². The van der Waals surface area contributed by atoms with Gasteiger partial charge in [0, 0.05) is 12.1 Å². The van der Waals surface area contributed by atoms with E-state index >= 15 is 0 Å². The van der Waals surface area contributed by atoms with Crippen molar-refractivity contribution in [2.75, 3.05) is 7.11 Å². The molecule has 0 aliphatic carbocycles. The van der Waals surface area contributed by atoms with Crippen LogP contribution in [-0.4, -0.2) is 45.6 Å². The number of methoxy groups -OCH3 is 1. The second kappa shape index (κ2) is 8.64. The number of carboxylic acids is 1. The Labute approximate surface area is 142 Å². The number of carboxylic acid groups (broad SMARTS) is 1. The number of nitrogens with zero attached hydrogens (tertiary/aromatic N) is 2. The number of hydrogen-bond acceptors (Lipinski definition) is 9. The number of nitrogens with one attached hydrogen (secondary N) is 2. The van der Waals surface area contributed by atoms with E-state index in [9.17, 15) is 9.90 Å². The Hall–Kier alpha value is -2.14. The van der Waals surface area contributed by atoms with Gasteiger partial charge >= 0.3 is 5.97 Å². The first kappa shape index (κ1) is 18.2. The maximum Gasteiger partial charge on any atom is 0.324 e. The third kappa shape index (κ3) is 4.68. The Bertz CT molecular complexity index is 679. The van der Waals surface area contributed by atoms with Gasteiger partial charge in [0.2, 0.25) is 5.89 Å². The zero-order valence-corrected chi connectivity index (χ0v) is 13.9. The number of aliphatic carboxylic acids is 1. The molecule has 0 saturated carbocycles. The monoisotopic (exact) mass is 354 g/mol. The summed E-state index contributed by atoms with van der Waals surface area (Å²) in [6, 6.07) is 6.18. The molecule has 9 nitrogen and oxygen atoms in total. The molecule has 0 spiro atoms. The molecule has 0 fully saturated rings. The van der Waals surface area contributed by atoms with Crippen LogP contribution in [0.5, 0.6) is 5.75 Å². The normalized spacial score (nSPS) is 13.5. The second-order valence-corrected chi connectivity index (χ2v) is 5.53. The van der Waals surface area contributed by atoms with Gasteiger partial charge in [0.1, 0.15) is 11.8 Å². The smallest absolute Gasteiger partial charge is 0.324 e. The van der Waals surface area contributed by atoms with Crippen molar-refractivity contribution in [2.45, 2.75) is 25.6 Å². The molecule has 0 bridgehead atoms. The molecule has 0 aliphatic rings. The van der Waals surface area contributed by atoms with Gasteiger partial charge in [-0.1, -0.05) is 12.1 Å². The fraction of sp³-hybridized carbons (Fsp3) is 0.357. The first-order valence-electron chi connectivity index (χ1n) is 7.03. The van der Waals surface area contributed by atoms with Gasteiger partial charge < -0.3 is 19.4 Å². The number of aromatic nitrogens is 2. The zero-order chi connectivity index (χ0) is 17.5. The van der Waals surface area contributed by atoms with E-state index in [1.165, 1.54) is 6.92 Å². The third-order valence-electron chi connectivity index (χ3n) is 3.03. The van der Waals surface area contributed by atoms with Gasteiger partial charge in [-0.25, -0.2) is 9.44 Å². The molecule has 2 aromatic rings. The molecular weight excluding hydrogens is 336 g/mol. The van der Waals surface area contributed by atoms with Gasteiger partial charge in [0.25, 0.3) is 5.89 Å². The number of rotatable bonds is 9. The molecular formula is C14H18N4O5S. The Kier molecular flexibility index (Phi) is 6.55. The number of ether oxygens (including phenoxy) is 1. The lowest BCUT2D eigenvalue weighted by molar-refractivity contribution is -0.141. The van der Waals surface area contributed by atoms with Gasteiger partial charge in [-0.15, -0.1) is 10.2 Å². The van der Waals surface area contributed by atoms with Crippen molar-refractivity contribution in [2.24, 2.45) is 0 Å². The summed E-state index contributed by atoms with van der Waals surface area (Å²) >= 11 is 0.932. The van der Waals surface area contributed by atoms with E-state index in [2.05, 4.69) is 19.6 Å². The number of carbonyl (C=O) groups is 1. The molecule has 1 aromatic heterocycles. The van der Waals surface area contributed by atoms with Crippen LogP contribution in [0.2, 0.25) is 0 Å². The average Bonchev–Trinajstić information content (AvgIpc) is 3.02. The molecule has 1 heterocycles. The van der Waals surface area contributed by atoms with Crippen LogP contribution >= 0.6 is 12.1 Å². The highest BCUT2D eigenvalue weighted by molar-refractivity contribution is 7.95. The molecule has 130 valence electrons. The van der Waals surface area contributed by atoms with Crippen molar-refractivity contribution in [3.63, 3.8) is 0 Å². The van der Waals surface area contributed by atoms with Crippen molar-refractivity contribution in [1.82, 2.24) is 19.6 Å². The first-order chi connectivity index (χ1) is 11.5. The van der Waals surface area contributed by atoms with Crippen LogP contribution in [-0.2, 0) is 11.3 Å². The summed E-state index contributed by atoms with van der Waals surface area (Å²) in [6.07, 6.45) is -1.03. The van der Waals surface area contributed by atoms with Crippen molar-refractivity contribution in [3.05, 3.63) is 30.2 Å². The molecule has 2 rings (SSSR count). The van der Waals surface area contributed by atoms with Crippen LogP contribution in [0, 0.1) is 0 Å². The molecule has 0 aliphatic heterocycles. The number of hydrogen-bond donors (Lipinski definition) is 4. The minimum atomic E-state index is -1.14. The van der Waals surface area contributed by atoms with Crippen molar-refractivity contribution >= 4 is 18.1 Å². The molecule has 4 N–H and O–H groups in total. The second-order valence-electron chi connectivity index (χ2n) is 4.80. The Balaban J connectivity index is 1.89. The number of para-hydroxylation sites is 1. The molecule has 2 atom stereocenters. The van der Waals surface area contributed by atoms with Gasteiger partial charge in [0.05, 0.1) is 25.3 Å². The number of benzene rings is 1. The molecule has 1 aromatic carbocycles. The number of aliphatic hydroxyl groups excluding tert-OH is 1. The summed E-state index contributed by atoms with van der Waals surface area (Å²) in [6.45, 7) is 1.61. The van der Waals surface area contributed by atoms with Crippen LogP contribution < -0.4 is 14.2 Å². The largest absolute Gasteiger partial charge is 0.496 e. The molecule has 0 saturated heterocycles. The predicted octanol–water partition coefficient (Wildman–Crippen LogP) is 0.822. The molecule has 10 heteroatoms. The van der Waals surface area contributed by atoms with E-state index in [0.717, 1.165) is 12.1 Å². The van der Waals surface area contributed by atoms with Crippen LogP contribution in [0.4, 0.5) is 0 Å². The third-order valence-corrected chi connectivity index (χ3v) is 3.69. The highest BCUT2D eigenvalue weighted by Crippen LogP contribution is 2.28. The summed E-state index contributed by atoms with van der Waals surface area (Å²) < 4.78 is 16.2. The lowest BCUT2D eigenvalue weighted by Crippen LogP contribution is -2.42. The summed E-state index contributed by atoms with van der Waals surface area (Å²) in [7, 11) is 1.56. The molecule has 24 heavy (non-hydrogen) atoms. The summed E-state index contributed by atoms with van der Waals surface area (Å²) in [5.74, 6) is 0.136. The van der Waals surface area contributed by atoms with E-state index < -0.39 is 18.1 Å². The topological polar surface area (TPSA) is 130 Å². The van der Waals surface area contributed by atoms with E-state index in [-0.39, 0.29) is 6.54 Å². The zero-order valence-electron chi connectivity index (χ0n) is 13.1. The standard InChI is InChI=1S/C14H18N4O5S/c1-8(19)12(14(20)21)18-24-15-7-11-16-17-13(23-11)9-5-3-4-6-10(9)22-2/h3-6,8,12,15,18-19H,7H2,1-2H3,(H,20,21). The lowest BCUT2D eigenvalue weighted by atomic mass is 10.2. The van der Waals surface area contributed by atoms with Crippen molar-refractivity contribution < 1.29 is 24.2 Å². The molecule has 0 radical (unpaired) electrons. The summed E-state index contributed by atoms with van der Waals surface area (Å²) in [5.41, 5.74) is 0.685. The summed E-state index contributed by atoms with van der Waals surface area (Å²) in [5, 5.41) is 26.1. The highest BCUT2D eigenvalue weighted by Gasteiger charge is 2.22. The first-order valence-corrected chi connectivity index (χ1v) is 7.85. The van der Waals surface area contributed by atoms with E-state index in [1.807, 2.05) is 12.1 Å². The van der Waals surface area contributed by atoms with E-state index in [4.69, 9.17) is 14.3 Å². The fourth-order valence-electron chi connectivity index (χ4n) is 1.81. The Morgan fingerprint density at radius 3 is 2.83 bits per heavy atom. The van der Waals surface area contributed by atoms with Crippen molar-refractivity contribution in [1.29, 1.82) is 0 Å². The van der Waals surface area contributed by atoms with Crippen LogP contribution in [0.25, 0.3) is 11.5 Å². The fourth-order valence-corrected chi connectivity index (χ4v) is 2.52. The maximum absolute atomic E-state index is 10.9. The minimum absolute atomic E-state index is 0.214. The molecule has 2 unspecified atom stereocenters. The van der Waals surface area contributed by atoms with E-state index in [1.54, 1.807) is 19.2 Å². The Morgan fingerprint density at radius 1 is 1.42 bits per heavy atom. The minimum Gasteiger partial charge on any atom is -0.496 e. The lowest BCUT2D eigenvalue weighted by Gasteiger charge is -2.15. The molecule has 0 amide bonds. The van der Waals surface area contributed by atoms with Crippen molar-refractivity contribution in [3.8, 4) is 17.2 Å². The van der Waals surface area contributed by atoms with Gasteiger partial charge in [-0.3, -0.25) is 4.79 Å². The van der Waals surface area contributed by atoms with Crippen LogP contribution in [0.15, 0.2) is 28.7 Å². The van der Waals surface area contributed by atoms with E-state index in [0.29, 0.717) is 23.1 Å². The highest BCUT2D eigenvalue weighted by atomic mass is 32.2. The number of aliphatic hydroxyl groups is 1. The summed E-state index contributed by atoms with van der Waals surface area (Å²) in [4.78, 5) is 10.9. The van der Waals surface area contributed by atoms with Gasteiger partial charge in [-0.2, -0.15) is 0 Å². The SMILES string of the molecule is COc1ccccc1-c1nnc(CNSNC(C(=O)O)C(C)O)o1. The Morgan fingerprint density at radius 2 is 2.17 bits per heavy atom. The average molecular weight is 354 g/mol. The maximum atomic E-state index is 10.9. The quantitative estimate of drug-likeness (QED) is 0.379. The van der Waals surface area contributed by atoms with Crippen LogP contribution in [0.3, 0.4) is 0 Å². The van der Waals surface area contributed by atoms with Gasteiger partial charge in [-0.05, 0) is 19.1 Å².